The normalized spacial score (nSPS) is 7.20. The van der Waals surface area contributed by atoms with E-state index < -0.39 is 6.68 Å². The number of rotatable bonds is 0. The molecule has 0 bridgehead atoms. The van der Waals surface area contributed by atoms with Crippen molar-refractivity contribution in [3.05, 3.63) is 14.1 Å². The van der Waals surface area contributed by atoms with Crippen molar-refractivity contribution >= 4 is 0 Å². The molecule has 0 fully saturated rings. The molecule has 0 aliphatic carbocycles. The van der Waals surface area contributed by atoms with Gasteiger partial charge in [-0.05, 0) is 0 Å². The lowest BCUT2D eigenvalue weighted by Crippen LogP contribution is -1.49. The molecule has 0 heterocycles. The van der Waals surface area contributed by atoms with E-state index in [-0.39, 0.29) is 7.43 Å². The van der Waals surface area contributed by atoms with Gasteiger partial charge in [-0.3, -0.25) is 0 Å². The molecule has 0 aromatic carbocycles. The van der Waals surface area contributed by atoms with Gasteiger partial charge in [-0.15, -0.1) is 0 Å². The fraction of sp³-hybridized carbons (Fsp3) is 0. The lowest BCUT2D eigenvalue weighted by molar-refractivity contribution is 0.142. The Morgan fingerprint density at radius 1 is 1.00 bits per heavy atom. The molecule has 0 saturated carbocycles. The van der Waals surface area contributed by atoms with Gasteiger partial charge in [-0.2, -0.15) is 13.2 Å². The van der Waals surface area contributed by atoms with Gasteiger partial charge in [0.05, 0.1) is 0 Å². The van der Waals surface area contributed by atoms with E-state index in [2.05, 4.69) is 0 Å². The third-order valence-electron chi connectivity index (χ3n) is 0. The zero-order chi connectivity index (χ0) is 3.58. The summed E-state index contributed by atoms with van der Waals surface area (Å²) < 4.78 is 28.8. The largest absolute Gasteiger partial charge is 0.487 e. The Morgan fingerprint density at radius 3 is 1.00 bits per heavy atom. The Kier molecular flexibility index (Phi) is 6.70. The smallest absolute Gasteiger partial charge is 0.162 e. The SMILES string of the molecule is F[C](F)F.[CH3]. The van der Waals surface area contributed by atoms with Gasteiger partial charge in [0, 0.05) is 0 Å². The first-order valence-corrected chi connectivity index (χ1v) is 0.567. The fourth-order valence-electron chi connectivity index (χ4n) is 0. The van der Waals surface area contributed by atoms with Gasteiger partial charge in [-0.25, -0.2) is 0 Å². The first kappa shape index (κ1) is 8.84. The van der Waals surface area contributed by atoms with Crippen LogP contribution in [0.5, 0.6) is 0 Å². The van der Waals surface area contributed by atoms with E-state index in [0.717, 1.165) is 0 Å². The maximum atomic E-state index is 9.58. The fourth-order valence-corrected chi connectivity index (χ4v) is 0. The molecule has 0 aliphatic rings. The Balaban J connectivity index is 0. The molecule has 3 heteroatoms. The molecule has 5 heavy (non-hydrogen) atoms. The highest BCUT2D eigenvalue weighted by atomic mass is 19.4. The lowest BCUT2D eigenvalue weighted by atomic mass is 11.6. The summed E-state index contributed by atoms with van der Waals surface area (Å²) in [6, 6.07) is 0. The van der Waals surface area contributed by atoms with Crippen LogP contribution in [0.2, 0.25) is 0 Å². The lowest BCUT2D eigenvalue weighted by Gasteiger charge is -1.60. The highest BCUT2D eigenvalue weighted by molar-refractivity contribution is 4.21. The molecule has 0 atom stereocenters. The molecule has 0 amide bonds. The zero-order valence-corrected chi connectivity index (χ0v) is 2.63. The van der Waals surface area contributed by atoms with E-state index in [9.17, 15) is 13.2 Å². The van der Waals surface area contributed by atoms with Crippen LogP contribution in [0, 0.1) is 14.1 Å². The summed E-state index contributed by atoms with van der Waals surface area (Å²) in [6.45, 7) is -3.08. The molecule has 0 aliphatic heterocycles. The van der Waals surface area contributed by atoms with Crippen molar-refractivity contribution in [1.29, 1.82) is 0 Å². The Morgan fingerprint density at radius 2 is 1.00 bits per heavy atom. The van der Waals surface area contributed by atoms with Crippen LogP contribution in [0.1, 0.15) is 0 Å². The minimum absolute atomic E-state index is 0. The van der Waals surface area contributed by atoms with Gasteiger partial charge in [0.15, 0.2) is 0 Å². The van der Waals surface area contributed by atoms with E-state index in [1.807, 2.05) is 0 Å². The third-order valence-corrected chi connectivity index (χ3v) is 0. The van der Waals surface area contributed by atoms with Crippen LogP contribution in [0.15, 0.2) is 0 Å². The van der Waals surface area contributed by atoms with E-state index in [1.54, 1.807) is 0 Å². The Hall–Kier alpha value is -0.210. The molecule has 0 nitrogen and oxygen atoms in total. The van der Waals surface area contributed by atoms with Gasteiger partial charge in [0.25, 0.3) is 0 Å². The summed E-state index contributed by atoms with van der Waals surface area (Å²) in [6.07, 6.45) is 0. The summed E-state index contributed by atoms with van der Waals surface area (Å²) >= 11 is 0. The van der Waals surface area contributed by atoms with Crippen molar-refractivity contribution in [2.45, 2.75) is 0 Å². The molecular formula is C2H3F3. The summed E-state index contributed by atoms with van der Waals surface area (Å²) in [7, 11) is 0. The van der Waals surface area contributed by atoms with Crippen molar-refractivity contribution in [2.24, 2.45) is 0 Å². The standard InChI is InChI=1S/CF3.CH3/c2-1(3)4;/h;1H3. The second kappa shape index (κ2) is 3.79. The number of hydrogen-bond donors (Lipinski definition) is 0. The monoisotopic (exact) mass is 84.0 g/mol. The molecule has 0 aromatic rings. The summed E-state index contributed by atoms with van der Waals surface area (Å²) in [5.41, 5.74) is 0. The minimum atomic E-state index is -3.08. The van der Waals surface area contributed by atoms with Crippen molar-refractivity contribution in [1.82, 2.24) is 0 Å². The van der Waals surface area contributed by atoms with Gasteiger partial charge >= 0.3 is 6.68 Å². The highest BCUT2D eigenvalue weighted by Gasteiger charge is 1.93. The molecule has 0 aromatic heterocycles. The quantitative estimate of drug-likeness (QED) is 0.419. The van der Waals surface area contributed by atoms with Crippen molar-refractivity contribution in [3.63, 3.8) is 0 Å². The number of hydrogen-bond acceptors (Lipinski definition) is 0. The van der Waals surface area contributed by atoms with E-state index in [1.165, 1.54) is 0 Å². The first-order valence-electron chi connectivity index (χ1n) is 0.567. The number of halogens is 3. The molecule has 0 rings (SSSR count). The molecule has 2 radical (unpaired) electrons. The third kappa shape index (κ3) is 275. The van der Waals surface area contributed by atoms with Gasteiger partial charge in [0.1, 0.15) is 0 Å². The minimum Gasteiger partial charge on any atom is -0.162 e. The van der Waals surface area contributed by atoms with Crippen LogP contribution in [0.3, 0.4) is 0 Å². The van der Waals surface area contributed by atoms with Crippen LogP contribution in [0.4, 0.5) is 13.2 Å². The van der Waals surface area contributed by atoms with Gasteiger partial charge < -0.3 is 0 Å². The van der Waals surface area contributed by atoms with E-state index in [4.69, 9.17) is 0 Å². The maximum Gasteiger partial charge on any atom is 0.487 e. The van der Waals surface area contributed by atoms with Crippen molar-refractivity contribution < 1.29 is 13.2 Å². The molecule has 0 saturated heterocycles. The van der Waals surface area contributed by atoms with Crippen molar-refractivity contribution in [3.8, 4) is 0 Å². The predicted molar refractivity (Wildman–Crippen MR) is 13.0 cm³/mol. The van der Waals surface area contributed by atoms with Crippen LogP contribution < -0.4 is 0 Å². The maximum absolute atomic E-state index is 9.58. The van der Waals surface area contributed by atoms with Crippen LogP contribution in [-0.2, 0) is 0 Å². The van der Waals surface area contributed by atoms with Crippen molar-refractivity contribution in [2.75, 3.05) is 0 Å². The molecule has 0 spiro atoms. The zero-order valence-electron chi connectivity index (χ0n) is 2.63. The van der Waals surface area contributed by atoms with Gasteiger partial charge in [-0.1, -0.05) is 7.43 Å². The molecule has 32 valence electrons. The van der Waals surface area contributed by atoms with Crippen LogP contribution in [-0.4, -0.2) is 0 Å². The second-order valence-electron chi connectivity index (χ2n) is 0.214. The van der Waals surface area contributed by atoms with Crippen LogP contribution in [0.25, 0.3) is 0 Å². The average molecular weight is 84.0 g/mol. The molecule has 0 N–H and O–H groups in total. The predicted octanol–water partition coefficient (Wildman–Crippen LogP) is 1.79. The summed E-state index contributed by atoms with van der Waals surface area (Å²) in [5.74, 6) is 0. The van der Waals surface area contributed by atoms with Crippen LogP contribution >= 0.6 is 0 Å². The molecular weight excluding hydrogens is 81.0 g/mol. The Labute approximate surface area is 28.6 Å². The Bertz CT molecular complexity index is 9.61. The van der Waals surface area contributed by atoms with E-state index >= 15 is 0 Å². The second-order valence-corrected chi connectivity index (χ2v) is 0.214. The van der Waals surface area contributed by atoms with E-state index in [0.29, 0.717) is 0 Å². The molecule has 0 unspecified atom stereocenters. The highest BCUT2D eigenvalue weighted by Crippen LogP contribution is 1.99. The summed E-state index contributed by atoms with van der Waals surface area (Å²) in [5, 5.41) is 0. The van der Waals surface area contributed by atoms with Gasteiger partial charge in [0.2, 0.25) is 0 Å². The summed E-state index contributed by atoms with van der Waals surface area (Å²) in [4.78, 5) is 0. The average Bonchev–Trinajstić information content (AvgIpc) is 0.811. The first-order chi connectivity index (χ1) is 1.73. The topological polar surface area (TPSA) is 0 Å².